The van der Waals surface area contributed by atoms with E-state index in [-0.39, 0.29) is 5.78 Å². The van der Waals surface area contributed by atoms with Crippen LogP contribution in [0.5, 0.6) is 5.75 Å². The third-order valence-corrected chi connectivity index (χ3v) is 4.88. The lowest BCUT2D eigenvalue weighted by molar-refractivity contribution is 0.103. The molecule has 3 aromatic rings. The minimum atomic E-state index is -0.159. The molecule has 7 heteroatoms. The molecule has 138 valence electrons. The van der Waals surface area contributed by atoms with Gasteiger partial charge in [0.1, 0.15) is 5.75 Å². The maximum Gasteiger partial charge on any atom is 0.217 e. The summed E-state index contributed by atoms with van der Waals surface area (Å²) in [4.78, 5) is 16.7. The van der Waals surface area contributed by atoms with Crippen molar-refractivity contribution in [3.8, 4) is 11.4 Å². The van der Waals surface area contributed by atoms with E-state index < -0.39 is 0 Å². The molecule has 2 heterocycles. The Morgan fingerprint density at radius 3 is 2.30 bits per heavy atom. The predicted octanol–water partition coefficient (Wildman–Crippen LogP) is 3.76. The molecule has 2 aromatic carbocycles. The molecule has 0 bridgehead atoms. The first-order chi connectivity index (χ1) is 13.2. The van der Waals surface area contributed by atoms with Crippen molar-refractivity contribution in [3.63, 3.8) is 0 Å². The molecule has 0 amide bonds. The van der Waals surface area contributed by atoms with Crippen LogP contribution >= 0.6 is 11.6 Å². The number of hydrogen-bond donors (Lipinski definition) is 0. The summed E-state index contributed by atoms with van der Waals surface area (Å²) < 4.78 is 5.20. The van der Waals surface area contributed by atoms with Crippen molar-refractivity contribution >= 4 is 23.2 Å². The second-order valence-corrected chi connectivity index (χ2v) is 6.83. The summed E-state index contributed by atoms with van der Waals surface area (Å²) in [5.74, 6) is 1.22. The van der Waals surface area contributed by atoms with Gasteiger partial charge in [0.05, 0.1) is 12.8 Å². The summed E-state index contributed by atoms with van der Waals surface area (Å²) in [6, 6.07) is 14.3. The van der Waals surface area contributed by atoms with E-state index in [1.54, 1.807) is 31.4 Å². The minimum Gasteiger partial charge on any atom is -0.497 e. The summed E-state index contributed by atoms with van der Waals surface area (Å²) in [6.07, 6.45) is 2.17. The van der Waals surface area contributed by atoms with Crippen LogP contribution in [-0.4, -0.2) is 41.0 Å². The van der Waals surface area contributed by atoms with Crippen LogP contribution in [0.2, 0.25) is 5.02 Å². The van der Waals surface area contributed by atoms with Crippen molar-refractivity contribution in [1.82, 2.24) is 15.0 Å². The number of hydrogen-bond acceptors (Lipinski definition) is 5. The number of nitrogens with zero attached hydrogens (tertiary/aromatic N) is 4. The van der Waals surface area contributed by atoms with Gasteiger partial charge in [0.15, 0.2) is 11.5 Å². The number of benzene rings is 2. The van der Waals surface area contributed by atoms with Crippen molar-refractivity contribution in [1.29, 1.82) is 0 Å². The van der Waals surface area contributed by atoms with Gasteiger partial charge in [0.2, 0.25) is 5.78 Å². The van der Waals surface area contributed by atoms with Crippen molar-refractivity contribution in [2.24, 2.45) is 0 Å². The van der Waals surface area contributed by atoms with Crippen LogP contribution in [0.25, 0.3) is 5.69 Å². The van der Waals surface area contributed by atoms with E-state index in [1.807, 2.05) is 24.3 Å². The van der Waals surface area contributed by atoms with Crippen LogP contribution in [0.4, 0.5) is 5.82 Å². The number of aromatic nitrogens is 3. The van der Waals surface area contributed by atoms with Crippen LogP contribution in [0, 0.1) is 0 Å². The molecule has 1 fully saturated rings. The molecule has 0 saturated carbocycles. The smallest absolute Gasteiger partial charge is 0.217 e. The SMILES string of the molecule is COc1ccc(-n2nc(C(=O)c3ccc(Cl)cc3)c(N3CCCC3)n2)cc1. The standard InChI is InChI=1S/C20H19ClN4O2/c1-27-17-10-8-16(9-11-17)25-22-18(20(23-25)24-12-2-3-13-24)19(26)14-4-6-15(21)7-5-14/h4-11H,2-3,12-13H2,1H3. The number of ketones is 1. The monoisotopic (exact) mass is 382 g/mol. The van der Waals surface area contributed by atoms with Gasteiger partial charge in [-0.15, -0.1) is 15.0 Å². The fourth-order valence-corrected chi connectivity index (χ4v) is 3.28. The van der Waals surface area contributed by atoms with Gasteiger partial charge in [0, 0.05) is 23.7 Å². The topological polar surface area (TPSA) is 60.3 Å². The number of halogens is 1. The highest BCUT2D eigenvalue weighted by molar-refractivity contribution is 6.30. The molecule has 1 aliphatic rings. The van der Waals surface area contributed by atoms with E-state index in [4.69, 9.17) is 16.3 Å². The van der Waals surface area contributed by atoms with E-state index in [1.165, 1.54) is 4.80 Å². The Bertz CT molecular complexity index is 945. The number of carbonyl (C=O) groups excluding carboxylic acids is 1. The van der Waals surface area contributed by atoms with E-state index in [9.17, 15) is 4.79 Å². The number of methoxy groups -OCH3 is 1. The van der Waals surface area contributed by atoms with Crippen molar-refractivity contribution in [2.75, 3.05) is 25.1 Å². The highest BCUT2D eigenvalue weighted by Gasteiger charge is 2.26. The highest BCUT2D eigenvalue weighted by atomic mass is 35.5. The Morgan fingerprint density at radius 2 is 1.67 bits per heavy atom. The Labute approximate surface area is 162 Å². The molecule has 4 rings (SSSR count). The number of rotatable bonds is 5. The molecule has 1 saturated heterocycles. The Kier molecular flexibility index (Phi) is 4.81. The summed E-state index contributed by atoms with van der Waals surface area (Å²) in [6.45, 7) is 1.75. The fourth-order valence-electron chi connectivity index (χ4n) is 3.16. The molecule has 1 aliphatic heterocycles. The predicted molar refractivity (Wildman–Crippen MR) is 104 cm³/mol. The van der Waals surface area contributed by atoms with Crippen LogP contribution in [0.1, 0.15) is 28.9 Å². The van der Waals surface area contributed by atoms with Gasteiger partial charge in [0.25, 0.3) is 0 Å². The van der Waals surface area contributed by atoms with Gasteiger partial charge < -0.3 is 9.64 Å². The number of anilines is 1. The molecule has 0 unspecified atom stereocenters. The maximum absolute atomic E-state index is 13.1. The van der Waals surface area contributed by atoms with E-state index in [0.717, 1.165) is 37.4 Å². The molecule has 0 atom stereocenters. The molecular weight excluding hydrogens is 364 g/mol. The highest BCUT2D eigenvalue weighted by Crippen LogP contribution is 2.25. The third kappa shape index (κ3) is 3.53. The van der Waals surface area contributed by atoms with Gasteiger partial charge in [-0.25, -0.2) is 0 Å². The normalized spacial score (nSPS) is 13.8. The molecule has 0 spiro atoms. The van der Waals surface area contributed by atoms with Gasteiger partial charge in [-0.1, -0.05) is 11.6 Å². The summed E-state index contributed by atoms with van der Waals surface area (Å²) in [5, 5.41) is 9.74. The zero-order valence-electron chi connectivity index (χ0n) is 14.9. The first-order valence-corrected chi connectivity index (χ1v) is 9.20. The van der Waals surface area contributed by atoms with Crippen molar-refractivity contribution < 1.29 is 9.53 Å². The molecule has 0 radical (unpaired) electrons. The molecule has 6 nitrogen and oxygen atoms in total. The lowest BCUT2D eigenvalue weighted by Crippen LogP contribution is -2.21. The van der Waals surface area contributed by atoms with Gasteiger partial charge in [-0.3, -0.25) is 4.79 Å². The lowest BCUT2D eigenvalue weighted by atomic mass is 10.1. The zero-order valence-corrected chi connectivity index (χ0v) is 15.7. The molecule has 27 heavy (non-hydrogen) atoms. The number of ether oxygens (including phenoxy) is 1. The van der Waals surface area contributed by atoms with Crippen LogP contribution in [0.15, 0.2) is 48.5 Å². The second-order valence-electron chi connectivity index (χ2n) is 6.39. The van der Waals surface area contributed by atoms with Gasteiger partial charge in [-0.2, -0.15) is 0 Å². The molecular formula is C20H19ClN4O2. The van der Waals surface area contributed by atoms with Crippen LogP contribution in [-0.2, 0) is 0 Å². The van der Waals surface area contributed by atoms with Gasteiger partial charge >= 0.3 is 0 Å². The summed E-state index contributed by atoms with van der Waals surface area (Å²) >= 11 is 5.94. The van der Waals surface area contributed by atoms with Crippen LogP contribution < -0.4 is 9.64 Å². The first-order valence-electron chi connectivity index (χ1n) is 8.83. The third-order valence-electron chi connectivity index (χ3n) is 4.63. The Morgan fingerprint density at radius 1 is 1.00 bits per heavy atom. The molecule has 0 aliphatic carbocycles. The largest absolute Gasteiger partial charge is 0.497 e. The molecule has 0 N–H and O–H groups in total. The second kappa shape index (κ2) is 7.40. The van der Waals surface area contributed by atoms with E-state index in [0.29, 0.717) is 22.1 Å². The quantitative estimate of drug-likeness (QED) is 0.629. The Hall–Kier alpha value is -2.86. The average Bonchev–Trinajstić information content (AvgIpc) is 3.38. The number of carbonyl (C=O) groups is 1. The zero-order chi connectivity index (χ0) is 18.8. The minimum absolute atomic E-state index is 0.159. The Balaban J connectivity index is 1.75. The maximum atomic E-state index is 13.1. The van der Waals surface area contributed by atoms with Crippen molar-refractivity contribution in [3.05, 3.63) is 64.8 Å². The molecule has 1 aromatic heterocycles. The average molecular weight is 383 g/mol. The van der Waals surface area contributed by atoms with Crippen LogP contribution in [0.3, 0.4) is 0 Å². The fraction of sp³-hybridized carbons (Fsp3) is 0.250. The van der Waals surface area contributed by atoms with Crippen molar-refractivity contribution in [2.45, 2.75) is 12.8 Å². The van der Waals surface area contributed by atoms with Gasteiger partial charge in [-0.05, 0) is 61.4 Å². The first kappa shape index (κ1) is 17.5. The summed E-state index contributed by atoms with van der Waals surface area (Å²) in [7, 11) is 1.62. The van der Waals surface area contributed by atoms with E-state index in [2.05, 4.69) is 15.1 Å². The summed E-state index contributed by atoms with van der Waals surface area (Å²) in [5.41, 5.74) is 1.67. The van der Waals surface area contributed by atoms with E-state index >= 15 is 0 Å². The lowest BCUT2D eigenvalue weighted by Gasteiger charge is -2.14.